The van der Waals surface area contributed by atoms with Crippen molar-refractivity contribution < 1.29 is 23.0 Å². The van der Waals surface area contributed by atoms with Crippen molar-refractivity contribution in [2.75, 3.05) is 18.4 Å². The predicted molar refractivity (Wildman–Crippen MR) is 121 cm³/mol. The average Bonchev–Trinajstić information content (AvgIpc) is 2.77. The molecule has 3 rings (SSSR count). The van der Waals surface area contributed by atoms with Crippen molar-refractivity contribution in [1.82, 2.24) is 9.97 Å². The Kier molecular flexibility index (Phi) is 7.42. The molecular formula is C20H20Cl2N4O5S. The number of benzene rings is 2. The van der Waals surface area contributed by atoms with Crippen LogP contribution in [0.3, 0.4) is 0 Å². The number of anilines is 1. The van der Waals surface area contributed by atoms with E-state index in [1.54, 1.807) is 31.2 Å². The van der Waals surface area contributed by atoms with Crippen molar-refractivity contribution in [2.45, 2.75) is 17.9 Å². The number of aromatic nitrogens is 2. The fourth-order valence-corrected chi connectivity index (χ4v) is 4.43. The van der Waals surface area contributed by atoms with Gasteiger partial charge in [-0.3, -0.25) is 4.72 Å². The zero-order chi connectivity index (χ0) is 23.5. The molecular weight excluding hydrogens is 479 g/mol. The molecule has 2 aromatic carbocycles. The van der Waals surface area contributed by atoms with Gasteiger partial charge < -0.3 is 20.3 Å². The number of hydrogen-bond donors (Lipinski definition) is 3. The maximum atomic E-state index is 12.8. The number of halogens is 2. The van der Waals surface area contributed by atoms with Crippen LogP contribution in [0.25, 0.3) is 0 Å². The second-order valence-corrected chi connectivity index (χ2v) is 9.03. The van der Waals surface area contributed by atoms with E-state index in [9.17, 15) is 8.42 Å². The van der Waals surface area contributed by atoms with Crippen LogP contribution in [0.4, 0.5) is 5.82 Å². The van der Waals surface area contributed by atoms with Gasteiger partial charge in [0, 0.05) is 0 Å². The van der Waals surface area contributed by atoms with Crippen LogP contribution in [-0.4, -0.2) is 37.2 Å². The molecule has 1 heterocycles. The standard InChI is InChI=1S/C20H20Cl2N4O5S/c1-11-19(31-13-8-6-12(7-9-13)15(23)10-27)25-20(30-2)18(24-11)26-32(28,29)16-5-3-4-14(21)17(16)22/h3-9,15,27H,10,23H2,1-2H3,(H,24,26)/t15-/m0/s1. The predicted octanol–water partition coefficient (Wildman–Crippen LogP) is 3.69. The summed E-state index contributed by atoms with van der Waals surface area (Å²) in [5, 5.41) is 9.12. The Morgan fingerprint density at radius 2 is 1.81 bits per heavy atom. The van der Waals surface area contributed by atoms with Crippen LogP contribution in [0.2, 0.25) is 10.0 Å². The highest BCUT2D eigenvalue weighted by molar-refractivity contribution is 7.92. The molecule has 4 N–H and O–H groups in total. The van der Waals surface area contributed by atoms with Crippen molar-refractivity contribution in [1.29, 1.82) is 0 Å². The number of sulfonamides is 1. The van der Waals surface area contributed by atoms with E-state index < -0.39 is 16.1 Å². The van der Waals surface area contributed by atoms with Gasteiger partial charge in [0.15, 0.2) is 0 Å². The van der Waals surface area contributed by atoms with Crippen LogP contribution in [-0.2, 0) is 10.0 Å². The van der Waals surface area contributed by atoms with Gasteiger partial charge in [-0.05, 0) is 36.8 Å². The number of aryl methyl sites for hydroxylation is 1. The van der Waals surface area contributed by atoms with E-state index >= 15 is 0 Å². The largest absolute Gasteiger partial charge is 0.478 e. The minimum atomic E-state index is -4.13. The third kappa shape index (κ3) is 5.22. The monoisotopic (exact) mass is 498 g/mol. The molecule has 0 bridgehead atoms. The van der Waals surface area contributed by atoms with Crippen molar-refractivity contribution in [2.24, 2.45) is 5.73 Å². The second kappa shape index (κ2) is 9.88. The van der Waals surface area contributed by atoms with Crippen molar-refractivity contribution in [3.05, 3.63) is 63.8 Å². The fraction of sp³-hybridized carbons (Fsp3) is 0.200. The third-order valence-electron chi connectivity index (χ3n) is 4.34. The van der Waals surface area contributed by atoms with Crippen LogP contribution in [0.5, 0.6) is 17.5 Å². The lowest BCUT2D eigenvalue weighted by atomic mass is 10.1. The molecule has 12 heteroatoms. The Morgan fingerprint density at radius 3 is 2.44 bits per heavy atom. The number of ether oxygens (including phenoxy) is 2. The van der Waals surface area contributed by atoms with Crippen molar-refractivity contribution in [3.63, 3.8) is 0 Å². The average molecular weight is 499 g/mol. The Labute approximate surface area is 195 Å². The molecule has 9 nitrogen and oxygen atoms in total. The molecule has 1 aromatic heterocycles. The van der Waals surface area contributed by atoms with Crippen LogP contribution in [0.1, 0.15) is 17.3 Å². The van der Waals surface area contributed by atoms with Gasteiger partial charge in [0.25, 0.3) is 15.9 Å². The van der Waals surface area contributed by atoms with Gasteiger partial charge in [-0.1, -0.05) is 41.4 Å². The topological polar surface area (TPSA) is 137 Å². The highest BCUT2D eigenvalue weighted by Gasteiger charge is 2.24. The first-order valence-electron chi connectivity index (χ1n) is 9.20. The van der Waals surface area contributed by atoms with Crippen molar-refractivity contribution >= 4 is 39.0 Å². The number of nitrogens with one attached hydrogen (secondary N) is 1. The van der Waals surface area contributed by atoms with E-state index in [0.29, 0.717) is 11.4 Å². The maximum absolute atomic E-state index is 12.8. The van der Waals surface area contributed by atoms with Gasteiger partial charge >= 0.3 is 0 Å². The molecule has 0 fully saturated rings. The molecule has 32 heavy (non-hydrogen) atoms. The first-order valence-corrected chi connectivity index (χ1v) is 11.4. The summed E-state index contributed by atoms with van der Waals surface area (Å²) in [5.74, 6) is 0.311. The summed E-state index contributed by atoms with van der Waals surface area (Å²) >= 11 is 12.0. The SMILES string of the molecule is COc1nc(Oc2ccc([C@@H](N)CO)cc2)c(C)nc1NS(=O)(=O)c1cccc(Cl)c1Cl. The highest BCUT2D eigenvalue weighted by Crippen LogP contribution is 2.33. The first-order chi connectivity index (χ1) is 15.2. The molecule has 0 aliphatic heterocycles. The van der Waals surface area contributed by atoms with E-state index in [-0.39, 0.29) is 39.1 Å². The number of nitrogens with zero attached hydrogens (tertiary/aromatic N) is 2. The van der Waals surface area contributed by atoms with E-state index in [1.165, 1.54) is 25.3 Å². The van der Waals surface area contributed by atoms with E-state index in [0.717, 1.165) is 5.56 Å². The number of hydrogen-bond acceptors (Lipinski definition) is 8. The normalized spacial score (nSPS) is 12.3. The maximum Gasteiger partial charge on any atom is 0.264 e. The molecule has 0 aliphatic carbocycles. The number of aliphatic hydroxyl groups excluding tert-OH is 1. The Balaban J connectivity index is 1.89. The third-order valence-corrected chi connectivity index (χ3v) is 6.66. The molecule has 1 atom stereocenters. The lowest BCUT2D eigenvalue weighted by molar-refractivity contribution is 0.268. The fourth-order valence-electron chi connectivity index (χ4n) is 2.67. The number of methoxy groups -OCH3 is 1. The van der Waals surface area contributed by atoms with E-state index in [1.807, 2.05) is 0 Å². The molecule has 0 radical (unpaired) electrons. The lowest BCUT2D eigenvalue weighted by Gasteiger charge is -2.15. The molecule has 0 unspecified atom stereocenters. The molecule has 0 spiro atoms. The quantitative estimate of drug-likeness (QED) is 0.427. The van der Waals surface area contributed by atoms with Gasteiger partial charge in [0.1, 0.15) is 16.3 Å². The summed E-state index contributed by atoms with van der Waals surface area (Å²) < 4.78 is 38.9. The smallest absolute Gasteiger partial charge is 0.264 e. The second-order valence-electron chi connectivity index (χ2n) is 6.59. The summed E-state index contributed by atoms with van der Waals surface area (Å²) in [6, 6.07) is 10.5. The number of aliphatic hydroxyl groups is 1. The number of nitrogens with two attached hydrogens (primary N) is 1. The van der Waals surface area contributed by atoms with Gasteiger partial charge in [-0.15, -0.1) is 0 Å². The minimum Gasteiger partial charge on any atom is -0.478 e. The van der Waals surface area contributed by atoms with Gasteiger partial charge in [-0.25, -0.2) is 13.4 Å². The van der Waals surface area contributed by atoms with Crippen LogP contribution in [0, 0.1) is 6.92 Å². The van der Waals surface area contributed by atoms with Crippen molar-refractivity contribution in [3.8, 4) is 17.5 Å². The molecule has 0 saturated heterocycles. The summed E-state index contributed by atoms with van der Waals surface area (Å²) in [6.45, 7) is 1.42. The zero-order valence-electron chi connectivity index (χ0n) is 17.0. The van der Waals surface area contributed by atoms with Crippen LogP contribution >= 0.6 is 23.2 Å². The van der Waals surface area contributed by atoms with Gasteiger partial charge in [-0.2, -0.15) is 4.98 Å². The minimum absolute atomic E-state index is 0.0958. The molecule has 0 aliphatic rings. The molecule has 3 aromatic rings. The lowest BCUT2D eigenvalue weighted by Crippen LogP contribution is -2.16. The van der Waals surface area contributed by atoms with Gasteiger partial charge in [0.05, 0.1) is 29.8 Å². The molecule has 0 amide bonds. The van der Waals surface area contributed by atoms with Gasteiger partial charge in [0.2, 0.25) is 11.7 Å². The first kappa shape index (κ1) is 24.0. The van der Waals surface area contributed by atoms with E-state index in [2.05, 4.69) is 14.7 Å². The Bertz CT molecular complexity index is 1220. The Morgan fingerprint density at radius 1 is 1.12 bits per heavy atom. The van der Waals surface area contributed by atoms with Crippen LogP contribution in [0.15, 0.2) is 47.4 Å². The summed E-state index contributed by atoms with van der Waals surface area (Å²) in [7, 11) is -2.81. The summed E-state index contributed by atoms with van der Waals surface area (Å²) in [4.78, 5) is 8.24. The summed E-state index contributed by atoms with van der Waals surface area (Å²) in [6.07, 6.45) is 0. The molecule has 0 saturated carbocycles. The molecule has 170 valence electrons. The highest BCUT2D eigenvalue weighted by atomic mass is 35.5. The summed E-state index contributed by atoms with van der Waals surface area (Å²) in [5.41, 5.74) is 6.83. The Hall–Kier alpha value is -2.63. The van der Waals surface area contributed by atoms with Crippen LogP contribution < -0.4 is 19.9 Å². The zero-order valence-corrected chi connectivity index (χ0v) is 19.4. The van der Waals surface area contributed by atoms with E-state index in [4.69, 9.17) is 43.5 Å². The number of rotatable bonds is 8.